The van der Waals surface area contributed by atoms with Gasteiger partial charge in [0, 0.05) is 48.9 Å². The third-order valence-corrected chi connectivity index (χ3v) is 4.85. The number of hydrogen-bond acceptors (Lipinski definition) is 6. The molecule has 3 N–H and O–H groups in total. The number of carbonyl (C=O) groups excluding carboxylic acids is 1. The number of carbonyl (C=O) groups is 2. The summed E-state index contributed by atoms with van der Waals surface area (Å²) in [5.41, 5.74) is -0.922. The molecule has 1 saturated heterocycles. The molecular formula is C19H33NO6. The number of aliphatic hydroxyl groups is 1. The lowest BCUT2D eigenvalue weighted by Gasteiger charge is -2.50. The smallest absolute Gasteiger partial charge is 0.327 e. The molecule has 1 unspecified atom stereocenters. The van der Waals surface area contributed by atoms with E-state index in [0.29, 0.717) is 38.5 Å². The zero-order valence-corrected chi connectivity index (χ0v) is 16.3. The normalized spacial score (nSPS) is 21.6. The number of carboxylic acid groups (broad SMARTS) is 1. The Bertz CT molecular complexity index is 496. The highest BCUT2D eigenvalue weighted by atomic mass is 16.5. The van der Waals surface area contributed by atoms with Crippen molar-refractivity contribution in [2.45, 2.75) is 83.4 Å². The van der Waals surface area contributed by atoms with Gasteiger partial charge in [0.05, 0.1) is 0 Å². The predicted octanol–water partition coefficient (Wildman–Crippen LogP) is 2.75. The third-order valence-electron chi connectivity index (χ3n) is 4.85. The number of aliphatic hydroxyl groups excluding tert-OH is 1. The molecule has 26 heavy (non-hydrogen) atoms. The van der Waals surface area contributed by atoms with Crippen molar-refractivity contribution in [2.75, 3.05) is 6.61 Å². The topological polar surface area (TPSA) is 107 Å². The van der Waals surface area contributed by atoms with Crippen molar-refractivity contribution >= 4 is 11.9 Å². The first-order valence-corrected chi connectivity index (χ1v) is 9.18. The number of carboxylic acids is 1. The first-order chi connectivity index (χ1) is 12.0. The van der Waals surface area contributed by atoms with Gasteiger partial charge in [0.15, 0.2) is 0 Å². The molecule has 1 rings (SSSR count). The van der Waals surface area contributed by atoms with Crippen LogP contribution in [-0.2, 0) is 14.3 Å². The molecule has 0 bridgehead atoms. The van der Waals surface area contributed by atoms with Crippen LogP contribution in [0.5, 0.6) is 0 Å². The van der Waals surface area contributed by atoms with Gasteiger partial charge in [-0.05, 0) is 40.5 Å². The molecule has 1 aliphatic heterocycles. The fraction of sp³-hybridized carbons (Fsp3) is 0.789. The Morgan fingerprint density at radius 3 is 2.27 bits per heavy atom. The van der Waals surface area contributed by atoms with Gasteiger partial charge in [-0.2, -0.15) is 5.06 Å². The Kier molecular flexibility index (Phi) is 8.24. The van der Waals surface area contributed by atoms with E-state index in [0.717, 1.165) is 6.08 Å². The number of nitrogens with zero attached hydrogens (tertiary/aromatic N) is 1. The first kappa shape index (κ1) is 22.6. The summed E-state index contributed by atoms with van der Waals surface area (Å²) < 4.78 is 5.61. The molecule has 1 atom stereocenters. The molecule has 0 aromatic carbocycles. The zero-order valence-electron chi connectivity index (χ0n) is 16.3. The molecule has 7 heteroatoms. The maximum Gasteiger partial charge on any atom is 0.327 e. The van der Waals surface area contributed by atoms with Crippen molar-refractivity contribution in [2.24, 2.45) is 5.92 Å². The van der Waals surface area contributed by atoms with E-state index >= 15 is 0 Å². The summed E-state index contributed by atoms with van der Waals surface area (Å²) in [6.07, 6.45) is 5.69. The second-order valence-electron chi connectivity index (χ2n) is 8.34. The first-order valence-electron chi connectivity index (χ1n) is 9.18. The Morgan fingerprint density at radius 2 is 1.77 bits per heavy atom. The summed E-state index contributed by atoms with van der Waals surface area (Å²) >= 11 is 0. The van der Waals surface area contributed by atoms with Gasteiger partial charge < -0.3 is 20.2 Å². The fourth-order valence-electron chi connectivity index (χ4n) is 3.65. The van der Waals surface area contributed by atoms with Gasteiger partial charge in [-0.1, -0.05) is 12.5 Å². The largest absolute Gasteiger partial charge is 0.478 e. The lowest BCUT2D eigenvalue weighted by molar-refractivity contribution is -0.259. The fourth-order valence-corrected chi connectivity index (χ4v) is 3.65. The lowest BCUT2D eigenvalue weighted by Crippen LogP contribution is -2.60. The predicted molar refractivity (Wildman–Crippen MR) is 96.7 cm³/mol. The second-order valence-corrected chi connectivity index (χ2v) is 8.34. The van der Waals surface area contributed by atoms with Gasteiger partial charge in [0.25, 0.3) is 0 Å². The van der Waals surface area contributed by atoms with E-state index in [9.17, 15) is 19.9 Å². The average Bonchev–Trinajstić information content (AvgIpc) is 2.51. The van der Waals surface area contributed by atoms with Crippen LogP contribution in [0.15, 0.2) is 12.2 Å². The minimum absolute atomic E-state index is 0.113. The molecule has 0 aromatic heterocycles. The molecule has 150 valence electrons. The molecule has 1 fully saturated rings. The van der Waals surface area contributed by atoms with Crippen LogP contribution >= 0.6 is 0 Å². The van der Waals surface area contributed by atoms with Crippen LogP contribution in [-0.4, -0.2) is 56.2 Å². The summed E-state index contributed by atoms with van der Waals surface area (Å²) in [7, 11) is 0. The number of unbranched alkanes of at least 4 members (excludes halogenated alkanes) is 1. The number of aliphatic carboxylic acids is 1. The van der Waals surface area contributed by atoms with Crippen LogP contribution in [0.2, 0.25) is 0 Å². The van der Waals surface area contributed by atoms with Crippen LogP contribution < -0.4 is 0 Å². The Balaban J connectivity index is 2.37. The Hall–Kier alpha value is -1.44. The van der Waals surface area contributed by atoms with E-state index in [1.807, 2.05) is 27.7 Å². The molecular weight excluding hydrogens is 338 g/mol. The van der Waals surface area contributed by atoms with E-state index in [4.69, 9.17) is 9.84 Å². The Labute approximate surface area is 155 Å². The van der Waals surface area contributed by atoms with Gasteiger partial charge in [-0.3, -0.25) is 4.79 Å². The van der Waals surface area contributed by atoms with Crippen molar-refractivity contribution in [3.63, 3.8) is 0 Å². The highest BCUT2D eigenvalue weighted by Crippen LogP contribution is 2.38. The minimum atomic E-state index is -1.04. The summed E-state index contributed by atoms with van der Waals surface area (Å²) in [5, 5.41) is 29.4. The molecule has 0 aromatic rings. The molecule has 0 amide bonds. The summed E-state index contributed by atoms with van der Waals surface area (Å²) in [4.78, 5) is 22.6. The quantitative estimate of drug-likeness (QED) is 0.325. The van der Waals surface area contributed by atoms with E-state index in [1.165, 1.54) is 11.1 Å². The zero-order chi connectivity index (χ0) is 20.0. The summed E-state index contributed by atoms with van der Waals surface area (Å²) in [6.45, 7) is 7.59. The minimum Gasteiger partial charge on any atom is -0.478 e. The van der Waals surface area contributed by atoms with Crippen molar-refractivity contribution in [1.82, 2.24) is 5.06 Å². The summed E-state index contributed by atoms with van der Waals surface area (Å²) in [5.74, 6) is -1.50. The Morgan fingerprint density at radius 1 is 1.19 bits per heavy atom. The van der Waals surface area contributed by atoms with Gasteiger partial charge in [0.2, 0.25) is 0 Å². The van der Waals surface area contributed by atoms with Crippen molar-refractivity contribution in [3.8, 4) is 0 Å². The summed E-state index contributed by atoms with van der Waals surface area (Å²) in [6, 6.07) is 0. The molecule has 0 aliphatic carbocycles. The van der Waals surface area contributed by atoms with E-state index in [1.54, 1.807) is 0 Å². The van der Waals surface area contributed by atoms with Crippen LogP contribution in [0.4, 0.5) is 0 Å². The van der Waals surface area contributed by atoms with Crippen LogP contribution in [0.1, 0.15) is 66.2 Å². The molecule has 1 heterocycles. The molecule has 7 nitrogen and oxygen atoms in total. The third kappa shape index (κ3) is 7.05. The molecule has 1 aliphatic rings. The van der Waals surface area contributed by atoms with Crippen molar-refractivity contribution in [3.05, 3.63) is 12.2 Å². The van der Waals surface area contributed by atoms with Gasteiger partial charge in [-0.15, -0.1) is 0 Å². The van der Waals surface area contributed by atoms with Crippen LogP contribution in [0.25, 0.3) is 0 Å². The van der Waals surface area contributed by atoms with E-state index in [2.05, 4.69) is 0 Å². The van der Waals surface area contributed by atoms with E-state index < -0.39 is 17.0 Å². The molecule has 0 saturated carbocycles. The van der Waals surface area contributed by atoms with Crippen LogP contribution in [0.3, 0.4) is 0 Å². The van der Waals surface area contributed by atoms with Gasteiger partial charge >= 0.3 is 11.9 Å². The second kappa shape index (κ2) is 9.48. The van der Waals surface area contributed by atoms with Crippen LogP contribution in [0, 0.1) is 5.92 Å². The van der Waals surface area contributed by atoms with Gasteiger partial charge in [0.1, 0.15) is 6.10 Å². The molecule has 0 spiro atoms. The number of esters is 1. The average molecular weight is 371 g/mol. The van der Waals surface area contributed by atoms with Crippen molar-refractivity contribution < 1.29 is 29.7 Å². The standard InChI is InChI=1S/C19H33NO6/c1-18(2)11-15(12-19(3,4)20(18)25)26-17(24)8-6-5-7-14(13-21)9-10-16(22)23/h9-10,14-15,21,25H,5-8,11-13H2,1-4H3,(H,22,23). The maximum atomic E-state index is 12.1. The number of ether oxygens (including phenoxy) is 1. The molecule has 0 radical (unpaired) electrons. The van der Waals surface area contributed by atoms with Crippen molar-refractivity contribution in [1.29, 1.82) is 0 Å². The number of rotatable bonds is 9. The number of hydroxylamine groups is 2. The number of hydrogen-bond donors (Lipinski definition) is 3. The SMILES string of the molecule is CC1(C)CC(OC(=O)CCCCC(C=CC(=O)O)CO)CC(C)(C)N1O. The van der Waals surface area contributed by atoms with Gasteiger partial charge in [-0.25, -0.2) is 4.79 Å². The monoisotopic (exact) mass is 371 g/mol. The lowest BCUT2D eigenvalue weighted by atomic mass is 9.80. The highest BCUT2D eigenvalue weighted by molar-refractivity contribution is 5.79. The number of piperidine rings is 1. The maximum absolute atomic E-state index is 12.1. The highest BCUT2D eigenvalue weighted by Gasteiger charge is 2.46. The van der Waals surface area contributed by atoms with E-state index in [-0.39, 0.29) is 24.6 Å².